The Morgan fingerprint density at radius 2 is 1.67 bits per heavy atom. The lowest BCUT2D eigenvalue weighted by Crippen LogP contribution is -2.33. The number of anilines is 3. The van der Waals surface area contributed by atoms with Gasteiger partial charge in [0, 0.05) is 12.7 Å². The molecule has 0 saturated heterocycles. The standard InChI is InChI=1S/C18H19F6N9/c1-3-25-14-12(17(19,20)21)6-26-16(31-14)30-13-7-28-32(9(13)2)10-4-11(5-10)33-15(18(22,23)24)27-8-29-33/h6-8,10-11H,3-5H2,1-2H3,(H2,25,26,30,31)/t10-,11-. The fourth-order valence-corrected chi connectivity index (χ4v) is 3.67. The highest BCUT2D eigenvalue weighted by Crippen LogP contribution is 2.44. The monoisotopic (exact) mass is 475 g/mol. The minimum absolute atomic E-state index is 0.0504. The highest BCUT2D eigenvalue weighted by Gasteiger charge is 2.42. The van der Waals surface area contributed by atoms with Crippen LogP contribution in [0, 0.1) is 6.92 Å². The second-order valence-corrected chi connectivity index (χ2v) is 7.50. The molecule has 0 unspecified atom stereocenters. The van der Waals surface area contributed by atoms with Crippen LogP contribution in [0.4, 0.5) is 43.8 Å². The van der Waals surface area contributed by atoms with Gasteiger partial charge in [-0.25, -0.2) is 14.6 Å². The van der Waals surface area contributed by atoms with E-state index in [9.17, 15) is 26.3 Å². The zero-order chi connectivity index (χ0) is 24.0. The van der Waals surface area contributed by atoms with Crippen LogP contribution in [0.5, 0.6) is 0 Å². The van der Waals surface area contributed by atoms with Crippen LogP contribution in [0.3, 0.4) is 0 Å². The summed E-state index contributed by atoms with van der Waals surface area (Å²) in [6.07, 6.45) is -5.41. The molecule has 0 radical (unpaired) electrons. The van der Waals surface area contributed by atoms with E-state index < -0.39 is 29.8 Å². The number of nitrogens with zero attached hydrogens (tertiary/aromatic N) is 7. The van der Waals surface area contributed by atoms with Crippen LogP contribution >= 0.6 is 0 Å². The first-order chi connectivity index (χ1) is 15.5. The largest absolute Gasteiger partial charge is 0.451 e. The van der Waals surface area contributed by atoms with Crippen molar-refractivity contribution < 1.29 is 26.3 Å². The molecule has 1 aliphatic carbocycles. The van der Waals surface area contributed by atoms with Crippen molar-refractivity contribution in [3.8, 4) is 0 Å². The smallest absolute Gasteiger partial charge is 0.370 e. The van der Waals surface area contributed by atoms with Gasteiger partial charge < -0.3 is 10.6 Å². The van der Waals surface area contributed by atoms with E-state index in [2.05, 4.69) is 35.8 Å². The molecular formula is C18H19F6N9. The first-order valence-electron chi connectivity index (χ1n) is 9.95. The Balaban J connectivity index is 1.48. The fourth-order valence-electron chi connectivity index (χ4n) is 3.67. The Morgan fingerprint density at radius 3 is 2.30 bits per heavy atom. The number of alkyl halides is 6. The van der Waals surface area contributed by atoms with Gasteiger partial charge >= 0.3 is 12.4 Å². The van der Waals surface area contributed by atoms with Gasteiger partial charge in [-0.05, 0) is 26.7 Å². The summed E-state index contributed by atoms with van der Waals surface area (Å²) in [5.74, 6) is -1.44. The summed E-state index contributed by atoms with van der Waals surface area (Å²) in [7, 11) is 0. The highest BCUT2D eigenvalue weighted by atomic mass is 19.4. The van der Waals surface area contributed by atoms with Crippen molar-refractivity contribution in [1.29, 1.82) is 0 Å². The van der Waals surface area contributed by atoms with Crippen molar-refractivity contribution in [3.63, 3.8) is 0 Å². The highest BCUT2D eigenvalue weighted by molar-refractivity contribution is 5.58. The van der Waals surface area contributed by atoms with Crippen LogP contribution in [0.1, 0.15) is 48.9 Å². The lowest BCUT2D eigenvalue weighted by molar-refractivity contribution is -0.149. The number of rotatable bonds is 6. The van der Waals surface area contributed by atoms with Gasteiger partial charge in [-0.2, -0.15) is 41.5 Å². The number of hydrogen-bond acceptors (Lipinski definition) is 7. The third-order valence-corrected chi connectivity index (χ3v) is 5.34. The summed E-state index contributed by atoms with van der Waals surface area (Å²) in [5, 5.41) is 13.4. The van der Waals surface area contributed by atoms with E-state index in [0.29, 0.717) is 30.4 Å². The van der Waals surface area contributed by atoms with Gasteiger partial charge in [0.05, 0.1) is 29.7 Å². The molecule has 3 aromatic heterocycles. The van der Waals surface area contributed by atoms with Gasteiger partial charge in [-0.1, -0.05) is 0 Å². The molecule has 4 rings (SSSR count). The van der Waals surface area contributed by atoms with Crippen molar-refractivity contribution in [2.24, 2.45) is 0 Å². The lowest BCUT2D eigenvalue weighted by Gasteiger charge is -2.36. The molecule has 2 N–H and O–H groups in total. The van der Waals surface area contributed by atoms with E-state index in [1.807, 2.05) is 0 Å². The van der Waals surface area contributed by atoms with Gasteiger partial charge in [0.25, 0.3) is 0 Å². The predicted octanol–water partition coefficient (Wildman–Crippen LogP) is 4.36. The number of nitrogens with one attached hydrogen (secondary N) is 2. The van der Waals surface area contributed by atoms with E-state index >= 15 is 0 Å². The maximum absolute atomic E-state index is 13.1. The van der Waals surface area contributed by atoms with Crippen LogP contribution < -0.4 is 10.6 Å². The molecule has 0 bridgehead atoms. The Bertz CT molecular complexity index is 1130. The maximum Gasteiger partial charge on any atom is 0.451 e. The first kappa shape index (κ1) is 22.8. The van der Waals surface area contributed by atoms with Crippen molar-refractivity contribution in [3.05, 3.63) is 35.8 Å². The quantitative estimate of drug-likeness (QED) is 0.511. The predicted molar refractivity (Wildman–Crippen MR) is 104 cm³/mol. The SMILES string of the molecule is CCNc1nc(Nc2cnn([C@H]3C[C@H](n4ncnc4C(F)(F)F)C3)c2C)ncc1C(F)(F)F. The molecule has 15 heteroatoms. The molecule has 178 valence electrons. The Hall–Kier alpha value is -3.39. The van der Waals surface area contributed by atoms with Crippen LogP contribution in [-0.2, 0) is 12.4 Å². The fraction of sp³-hybridized carbons (Fsp3) is 0.500. The summed E-state index contributed by atoms with van der Waals surface area (Å²) in [6, 6.07) is -0.628. The summed E-state index contributed by atoms with van der Waals surface area (Å²) >= 11 is 0. The van der Waals surface area contributed by atoms with Crippen LogP contribution in [0.2, 0.25) is 0 Å². The van der Waals surface area contributed by atoms with E-state index in [0.717, 1.165) is 11.0 Å². The number of aromatic nitrogens is 7. The Morgan fingerprint density at radius 1 is 0.970 bits per heavy atom. The third kappa shape index (κ3) is 4.43. The van der Waals surface area contributed by atoms with Gasteiger partial charge in [0.1, 0.15) is 17.7 Å². The van der Waals surface area contributed by atoms with Crippen molar-refractivity contribution in [1.82, 2.24) is 34.5 Å². The topological polar surface area (TPSA) is 98.4 Å². The number of halogens is 6. The van der Waals surface area contributed by atoms with Crippen molar-refractivity contribution in [2.75, 3.05) is 17.2 Å². The average Bonchev–Trinajstić information content (AvgIpc) is 3.29. The summed E-state index contributed by atoms with van der Waals surface area (Å²) < 4.78 is 81.0. The van der Waals surface area contributed by atoms with E-state index in [1.54, 1.807) is 18.5 Å². The van der Waals surface area contributed by atoms with Crippen molar-refractivity contribution in [2.45, 2.75) is 51.1 Å². The van der Waals surface area contributed by atoms with E-state index in [-0.39, 0.29) is 24.4 Å². The third-order valence-electron chi connectivity index (χ3n) is 5.34. The minimum Gasteiger partial charge on any atom is -0.370 e. The van der Waals surface area contributed by atoms with Gasteiger partial charge in [-0.3, -0.25) is 4.68 Å². The van der Waals surface area contributed by atoms with Crippen LogP contribution in [0.15, 0.2) is 18.7 Å². The zero-order valence-corrected chi connectivity index (χ0v) is 17.4. The van der Waals surface area contributed by atoms with Crippen LogP contribution in [-0.4, -0.2) is 41.1 Å². The molecule has 33 heavy (non-hydrogen) atoms. The zero-order valence-electron chi connectivity index (χ0n) is 17.4. The first-order valence-corrected chi connectivity index (χ1v) is 9.95. The minimum atomic E-state index is -4.60. The van der Waals surface area contributed by atoms with Crippen LogP contribution in [0.25, 0.3) is 0 Å². The summed E-state index contributed by atoms with van der Waals surface area (Å²) in [5.41, 5.74) is 0.133. The molecular weight excluding hydrogens is 456 g/mol. The molecule has 1 saturated carbocycles. The molecule has 3 aromatic rings. The molecule has 0 aromatic carbocycles. The summed E-state index contributed by atoms with van der Waals surface area (Å²) in [6.45, 7) is 3.61. The average molecular weight is 475 g/mol. The molecule has 0 spiro atoms. The molecule has 0 aliphatic heterocycles. The lowest BCUT2D eigenvalue weighted by atomic mass is 9.86. The summed E-state index contributed by atoms with van der Waals surface area (Å²) in [4.78, 5) is 11.0. The maximum atomic E-state index is 13.1. The van der Waals surface area contributed by atoms with E-state index in [4.69, 9.17) is 0 Å². The second-order valence-electron chi connectivity index (χ2n) is 7.50. The Kier molecular flexibility index (Phi) is 5.66. The Labute approximate surface area is 183 Å². The molecule has 3 heterocycles. The van der Waals surface area contributed by atoms with Gasteiger partial charge in [0.2, 0.25) is 11.8 Å². The molecule has 9 nitrogen and oxygen atoms in total. The molecule has 0 atom stereocenters. The van der Waals surface area contributed by atoms with Gasteiger partial charge in [-0.15, -0.1) is 0 Å². The van der Waals surface area contributed by atoms with E-state index in [1.165, 1.54) is 6.20 Å². The molecule has 0 amide bonds. The van der Waals surface area contributed by atoms with Crippen molar-refractivity contribution >= 4 is 17.5 Å². The number of hydrogen-bond donors (Lipinski definition) is 2. The molecule has 1 fully saturated rings. The second kappa shape index (κ2) is 8.19. The molecule has 1 aliphatic rings. The van der Waals surface area contributed by atoms with Gasteiger partial charge in [0.15, 0.2) is 0 Å². The normalized spacial score (nSPS) is 18.8.